The number of rotatable bonds is 8. The highest BCUT2D eigenvalue weighted by molar-refractivity contribution is 8.00. The van der Waals surface area contributed by atoms with Crippen molar-refractivity contribution in [3.05, 3.63) is 71.8 Å². The van der Waals surface area contributed by atoms with Crippen LogP contribution in [0, 0.1) is 0 Å². The molecule has 0 saturated carbocycles. The maximum absolute atomic E-state index is 12.1. The first-order valence-electron chi connectivity index (χ1n) is 8.34. The monoisotopic (exact) mass is 354 g/mol. The summed E-state index contributed by atoms with van der Waals surface area (Å²) in [6.07, 6.45) is 4.09. The Bertz CT molecular complexity index is 721. The molecule has 2 aromatic rings. The number of allylic oxidation sites excluding steroid dienone is 1. The zero-order valence-electron chi connectivity index (χ0n) is 14.5. The lowest BCUT2D eigenvalue weighted by Crippen LogP contribution is -2.19. The predicted molar refractivity (Wildman–Crippen MR) is 103 cm³/mol. The van der Waals surface area contributed by atoms with E-state index in [9.17, 15) is 9.59 Å². The Kier molecular flexibility index (Phi) is 7.48. The maximum atomic E-state index is 12.1. The molecule has 0 amide bonds. The summed E-state index contributed by atoms with van der Waals surface area (Å²) < 4.78 is 5.09. The minimum absolute atomic E-state index is 0.0209. The Balaban J connectivity index is 1.98. The van der Waals surface area contributed by atoms with E-state index in [1.54, 1.807) is 24.3 Å². The molecule has 0 N–H and O–H groups in total. The number of hydrogen-bond donors (Lipinski definition) is 0. The standard InChI is InChI=1S/C21H22O3S/c1-3-20(21(23)24-4-2)25-18-13-10-16(11-14-18)12-15-19(22)17-8-6-5-7-9-17/h5-15,20H,3-4H2,1-2H3/b15-12+. The van der Waals surface area contributed by atoms with Crippen molar-refractivity contribution in [2.24, 2.45) is 0 Å². The minimum atomic E-state index is -0.194. The summed E-state index contributed by atoms with van der Waals surface area (Å²) in [5.41, 5.74) is 1.61. The molecule has 2 aromatic carbocycles. The number of carbonyl (C=O) groups excluding carboxylic acids is 2. The van der Waals surface area contributed by atoms with Crippen molar-refractivity contribution in [1.29, 1.82) is 0 Å². The molecular formula is C21H22O3S. The molecule has 1 atom stereocenters. The summed E-state index contributed by atoms with van der Waals surface area (Å²) in [6.45, 7) is 4.18. The molecule has 2 rings (SSSR count). The van der Waals surface area contributed by atoms with Crippen LogP contribution in [0.3, 0.4) is 0 Å². The van der Waals surface area contributed by atoms with Crippen LogP contribution in [0.15, 0.2) is 65.6 Å². The average Bonchev–Trinajstić information content (AvgIpc) is 2.66. The first kappa shape index (κ1) is 19.0. The molecule has 130 valence electrons. The van der Waals surface area contributed by atoms with E-state index in [1.807, 2.05) is 56.3 Å². The second kappa shape index (κ2) is 9.84. The molecule has 0 aliphatic heterocycles. The van der Waals surface area contributed by atoms with Crippen molar-refractivity contribution < 1.29 is 14.3 Å². The van der Waals surface area contributed by atoms with Crippen LogP contribution in [-0.2, 0) is 9.53 Å². The fourth-order valence-electron chi connectivity index (χ4n) is 2.23. The van der Waals surface area contributed by atoms with E-state index in [-0.39, 0.29) is 17.0 Å². The molecular weight excluding hydrogens is 332 g/mol. The van der Waals surface area contributed by atoms with Gasteiger partial charge in [0.2, 0.25) is 0 Å². The number of thioether (sulfide) groups is 1. The average molecular weight is 354 g/mol. The van der Waals surface area contributed by atoms with Crippen molar-refractivity contribution in [2.45, 2.75) is 30.4 Å². The summed E-state index contributed by atoms with van der Waals surface area (Å²) in [7, 11) is 0. The van der Waals surface area contributed by atoms with Gasteiger partial charge in [-0.1, -0.05) is 55.5 Å². The number of ketones is 1. The number of ether oxygens (including phenoxy) is 1. The zero-order chi connectivity index (χ0) is 18.1. The van der Waals surface area contributed by atoms with Crippen LogP contribution in [0.1, 0.15) is 36.2 Å². The summed E-state index contributed by atoms with van der Waals surface area (Å²) in [5.74, 6) is -0.195. The number of carbonyl (C=O) groups is 2. The number of hydrogen-bond acceptors (Lipinski definition) is 4. The van der Waals surface area contributed by atoms with Crippen LogP contribution < -0.4 is 0 Å². The molecule has 4 heteroatoms. The Hall–Kier alpha value is -2.33. The first-order chi connectivity index (χ1) is 12.1. The van der Waals surface area contributed by atoms with Crippen LogP contribution in [0.25, 0.3) is 6.08 Å². The van der Waals surface area contributed by atoms with E-state index in [0.29, 0.717) is 12.2 Å². The molecule has 25 heavy (non-hydrogen) atoms. The smallest absolute Gasteiger partial charge is 0.319 e. The molecule has 0 aliphatic carbocycles. The van der Waals surface area contributed by atoms with Gasteiger partial charge >= 0.3 is 5.97 Å². The normalized spacial score (nSPS) is 12.1. The van der Waals surface area contributed by atoms with Gasteiger partial charge in [0.1, 0.15) is 5.25 Å². The van der Waals surface area contributed by atoms with Gasteiger partial charge in [-0.3, -0.25) is 9.59 Å². The fraction of sp³-hybridized carbons (Fsp3) is 0.238. The zero-order valence-corrected chi connectivity index (χ0v) is 15.3. The van der Waals surface area contributed by atoms with Crippen LogP contribution in [0.2, 0.25) is 0 Å². The van der Waals surface area contributed by atoms with Crippen molar-refractivity contribution in [2.75, 3.05) is 6.61 Å². The maximum Gasteiger partial charge on any atom is 0.319 e. The van der Waals surface area contributed by atoms with Crippen molar-refractivity contribution in [1.82, 2.24) is 0 Å². The van der Waals surface area contributed by atoms with E-state index < -0.39 is 0 Å². The van der Waals surface area contributed by atoms with Gasteiger partial charge in [0, 0.05) is 10.5 Å². The Labute approximate surface area is 153 Å². The summed E-state index contributed by atoms with van der Waals surface area (Å²) in [5, 5.41) is -0.194. The summed E-state index contributed by atoms with van der Waals surface area (Å²) >= 11 is 1.50. The molecule has 0 aliphatic rings. The summed E-state index contributed by atoms with van der Waals surface area (Å²) in [6, 6.07) is 17.0. The van der Waals surface area contributed by atoms with Crippen LogP contribution in [0.4, 0.5) is 0 Å². The fourth-order valence-corrected chi connectivity index (χ4v) is 3.18. The van der Waals surface area contributed by atoms with E-state index in [2.05, 4.69) is 0 Å². The van der Waals surface area contributed by atoms with Gasteiger partial charge in [-0.25, -0.2) is 0 Å². The SMILES string of the molecule is CCOC(=O)C(CC)Sc1ccc(/C=C/C(=O)c2ccccc2)cc1. The molecule has 0 aromatic heterocycles. The molecule has 0 fully saturated rings. The van der Waals surface area contributed by atoms with E-state index in [1.165, 1.54) is 11.8 Å². The lowest BCUT2D eigenvalue weighted by molar-refractivity contribution is -0.142. The topological polar surface area (TPSA) is 43.4 Å². The lowest BCUT2D eigenvalue weighted by Gasteiger charge is -2.13. The molecule has 3 nitrogen and oxygen atoms in total. The van der Waals surface area contributed by atoms with E-state index in [0.717, 1.165) is 16.9 Å². The van der Waals surface area contributed by atoms with E-state index >= 15 is 0 Å². The van der Waals surface area contributed by atoms with Gasteiger partial charge in [-0.2, -0.15) is 0 Å². The molecule has 0 spiro atoms. The second-order valence-electron chi connectivity index (χ2n) is 5.40. The lowest BCUT2D eigenvalue weighted by atomic mass is 10.1. The largest absolute Gasteiger partial charge is 0.465 e. The Morgan fingerprint density at radius 3 is 2.32 bits per heavy atom. The minimum Gasteiger partial charge on any atom is -0.465 e. The van der Waals surface area contributed by atoms with Gasteiger partial charge in [-0.15, -0.1) is 11.8 Å². The third-order valence-corrected chi connectivity index (χ3v) is 4.92. The highest BCUT2D eigenvalue weighted by Gasteiger charge is 2.18. The molecule has 0 radical (unpaired) electrons. The second-order valence-corrected chi connectivity index (χ2v) is 6.68. The van der Waals surface area contributed by atoms with Crippen LogP contribution in [-0.4, -0.2) is 23.6 Å². The molecule has 0 bridgehead atoms. The third kappa shape index (κ3) is 5.91. The Morgan fingerprint density at radius 2 is 1.72 bits per heavy atom. The van der Waals surface area contributed by atoms with Crippen molar-refractivity contribution in [3.63, 3.8) is 0 Å². The van der Waals surface area contributed by atoms with Crippen LogP contribution >= 0.6 is 11.8 Å². The van der Waals surface area contributed by atoms with Crippen molar-refractivity contribution in [3.8, 4) is 0 Å². The Morgan fingerprint density at radius 1 is 1.04 bits per heavy atom. The molecule has 1 unspecified atom stereocenters. The predicted octanol–water partition coefficient (Wildman–Crippen LogP) is 5.02. The highest BCUT2D eigenvalue weighted by Crippen LogP contribution is 2.26. The van der Waals surface area contributed by atoms with Gasteiger partial charge in [0.05, 0.1) is 6.61 Å². The van der Waals surface area contributed by atoms with Crippen molar-refractivity contribution >= 4 is 29.6 Å². The van der Waals surface area contributed by atoms with E-state index in [4.69, 9.17) is 4.74 Å². The van der Waals surface area contributed by atoms with Gasteiger partial charge in [0.25, 0.3) is 0 Å². The molecule has 0 saturated heterocycles. The molecule has 0 heterocycles. The van der Waals surface area contributed by atoms with Gasteiger partial charge in [-0.05, 0) is 37.1 Å². The highest BCUT2D eigenvalue weighted by atomic mass is 32.2. The quantitative estimate of drug-likeness (QED) is 0.289. The number of benzene rings is 2. The third-order valence-electron chi connectivity index (χ3n) is 3.56. The van der Waals surface area contributed by atoms with Gasteiger partial charge in [0.15, 0.2) is 5.78 Å². The number of esters is 1. The van der Waals surface area contributed by atoms with Gasteiger partial charge < -0.3 is 4.74 Å². The van der Waals surface area contributed by atoms with Crippen LogP contribution in [0.5, 0.6) is 0 Å². The summed E-state index contributed by atoms with van der Waals surface area (Å²) in [4.78, 5) is 24.9. The first-order valence-corrected chi connectivity index (χ1v) is 9.22.